The van der Waals surface area contributed by atoms with Crippen LogP contribution in [0.1, 0.15) is 63.9 Å². The molecule has 0 aliphatic heterocycles. The second-order valence-electron chi connectivity index (χ2n) is 5.17. The average Bonchev–Trinajstić information content (AvgIpc) is 2.81. The fraction of sp³-hybridized carbons (Fsp3) is 0.800. The molecule has 3 nitrogen and oxygen atoms in total. The average molecular weight is 283 g/mol. The molecule has 1 N–H and O–H groups in total. The molecule has 0 unspecified atom stereocenters. The zero-order chi connectivity index (χ0) is 14.3. The topological polar surface area (TPSA) is 28.2 Å². The van der Waals surface area contributed by atoms with Gasteiger partial charge in [0.15, 0.2) is 5.13 Å². The van der Waals surface area contributed by atoms with E-state index in [1.807, 2.05) is 11.3 Å². The van der Waals surface area contributed by atoms with Crippen molar-refractivity contribution in [3.63, 3.8) is 0 Å². The van der Waals surface area contributed by atoms with Crippen LogP contribution in [0, 0.1) is 0 Å². The maximum atomic E-state index is 4.89. The molecule has 0 spiro atoms. The van der Waals surface area contributed by atoms with Crippen molar-refractivity contribution < 1.29 is 0 Å². The smallest absolute Gasteiger partial charge is 0.185 e. The van der Waals surface area contributed by atoms with Gasteiger partial charge in [-0.15, -0.1) is 11.3 Å². The minimum atomic E-state index is 0.503. The van der Waals surface area contributed by atoms with Crippen LogP contribution in [0.2, 0.25) is 0 Å². The molecule has 1 aromatic heterocycles. The highest BCUT2D eigenvalue weighted by atomic mass is 32.1. The van der Waals surface area contributed by atoms with Gasteiger partial charge >= 0.3 is 0 Å². The first kappa shape index (κ1) is 16.4. The van der Waals surface area contributed by atoms with E-state index >= 15 is 0 Å². The number of hydrogen-bond acceptors (Lipinski definition) is 4. The minimum absolute atomic E-state index is 0.503. The summed E-state index contributed by atoms with van der Waals surface area (Å²) >= 11 is 1.86. The molecular weight excluding hydrogens is 254 g/mol. The number of unbranched alkanes of at least 4 members (excludes halogenated alkanes) is 1. The highest BCUT2D eigenvalue weighted by molar-refractivity contribution is 7.15. The fourth-order valence-electron chi connectivity index (χ4n) is 2.04. The number of nitrogens with one attached hydrogen (secondary N) is 1. The van der Waals surface area contributed by atoms with Crippen molar-refractivity contribution in [2.75, 3.05) is 24.5 Å². The van der Waals surface area contributed by atoms with Gasteiger partial charge in [-0.2, -0.15) is 0 Å². The van der Waals surface area contributed by atoms with Crippen LogP contribution in [0.25, 0.3) is 0 Å². The number of hydrogen-bond donors (Lipinski definition) is 1. The molecule has 1 rings (SSSR count). The van der Waals surface area contributed by atoms with Gasteiger partial charge in [0.2, 0.25) is 0 Å². The van der Waals surface area contributed by atoms with E-state index < -0.39 is 0 Å². The van der Waals surface area contributed by atoms with Gasteiger partial charge in [-0.1, -0.05) is 34.1 Å². The van der Waals surface area contributed by atoms with E-state index in [9.17, 15) is 0 Å². The summed E-state index contributed by atoms with van der Waals surface area (Å²) < 4.78 is 0. The molecule has 0 fully saturated rings. The molecule has 0 aromatic carbocycles. The van der Waals surface area contributed by atoms with Gasteiger partial charge in [0.05, 0.1) is 5.69 Å². The molecule has 110 valence electrons. The van der Waals surface area contributed by atoms with Gasteiger partial charge in [-0.05, 0) is 25.8 Å². The lowest BCUT2D eigenvalue weighted by molar-refractivity contribution is 0.709. The molecule has 0 atom stereocenters. The van der Waals surface area contributed by atoms with Crippen molar-refractivity contribution in [1.82, 2.24) is 10.3 Å². The van der Waals surface area contributed by atoms with Crippen LogP contribution < -0.4 is 10.2 Å². The Bertz CT molecular complexity index is 360. The largest absolute Gasteiger partial charge is 0.348 e. The first-order valence-electron chi connectivity index (χ1n) is 7.59. The summed E-state index contributed by atoms with van der Waals surface area (Å²) in [5.74, 6) is 0.503. The predicted molar refractivity (Wildman–Crippen MR) is 86.4 cm³/mol. The molecule has 0 radical (unpaired) electrons. The third kappa shape index (κ3) is 4.77. The molecule has 0 aliphatic rings. The highest BCUT2D eigenvalue weighted by Crippen LogP contribution is 2.30. The Morgan fingerprint density at radius 1 is 1.26 bits per heavy atom. The number of thiazole rings is 1. The molecule has 0 saturated carbocycles. The quantitative estimate of drug-likeness (QED) is 0.742. The van der Waals surface area contributed by atoms with Gasteiger partial charge in [0.1, 0.15) is 0 Å². The van der Waals surface area contributed by atoms with Crippen molar-refractivity contribution in [3.05, 3.63) is 10.6 Å². The van der Waals surface area contributed by atoms with Crippen LogP contribution >= 0.6 is 11.3 Å². The molecule has 19 heavy (non-hydrogen) atoms. The van der Waals surface area contributed by atoms with Crippen LogP contribution in [0.15, 0.2) is 0 Å². The fourth-order valence-corrected chi connectivity index (χ4v) is 3.31. The van der Waals surface area contributed by atoms with Crippen molar-refractivity contribution >= 4 is 16.5 Å². The Balaban J connectivity index is 2.88. The molecule has 1 aromatic rings. The monoisotopic (exact) mass is 283 g/mol. The van der Waals surface area contributed by atoms with E-state index in [1.54, 1.807) is 0 Å². The number of anilines is 1. The summed E-state index contributed by atoms with van der Waals surface area (Å²) in [6.45, 7) is 15.2. The molecule has 0 saturated heterocycles. The van der Waals surface area contributed by atoms with Crippen molar-refractivity contribution in [2.45, 2.75) is 59.9 Å². The summed E-state index contributed by atoms with van der Waals surface area (Å²) in [7, 11) is 0. The van der Waals surface area contributed by atoms with E-state index in [2.05, 4.69) is 44.8 Å². The summed E-state index contributed by atoms with van der Waals surface area (Å²) in [5, 5.41) is 4.63. The molecular formula is C15H29N3S. The highest BCUT2D eigenvalue weighted by Gasteiger charge is 2.16. The van der Waals surface area contributed by atoms with Gasteiger partial charge in [0.25, 0.3) is 0 Å². The third-order valence-corrected chi connectivity index (χ3v) is 4.36. The molecule has 0 bridgehead atoms. The second kappa shape index (κ2) is 8.54. The Morgan fingerprint density at radius 2 is 2.00 bits per heavy atom. The number of rotatable bonds is 9. The zero-order valence-electron chi connectivity index (χ0n) is 13.1. The standard InChI is InChI=1S/C15H29N3S/c1-6-9-10-18(8-3)15-17-14(12(4)5)13(19-15)11-16-7-2/h12,16H,6-11H2,1-5H3. The van der Waals surface area contributed by atoms with Gasteiger partial charge in [0, 0.05) is 24.5 Å². The maximum Gasteiger partial charge on any atom is 0.185 e. The summed E-state index contributed by atoms with van der Waals surface area (Å²) in [6.07, 6.45) is 2.48. The summed E-state index contributed by atoms with van der Waals surface area (Å²) in [6, 6.07) is 0. The van der Waals surface area contributed by atoms with Gasteiger partial charge in [-0.3, -0.25) is 0 Å². The molecule has 0 amide bonds. The maximum absolute atomic E-state index is 4.89. The lowest BCUT2D eigenvalue weighted by Gasteiger charge is -2.19. The first-order valence-corrected chi connectivity index (χ1v) is 8.40. The van der Waals surface area contributed by atoms with Crippen LogP contribution in [-0.2, 0) is 6.54 Å². The van der Waals surface area contributed by atoms with Crippen LogP contribution in [0.5, 0.6) is 0 Å². The lowest BCUT2D eigenvalue weighted by Crippen LogP contribution is -2.23. The number of nitrogens with zero attached hydrogens (tertiary/aromatic N) is 2. The predicted octanol–water partition coefficient (Wildman–Crippen LogP) is 4.00. The second-order valence-corrected chi connectivity index (χ2v) is 6.24. The lowest BCUT2D eigenvalue weighted by atomic mass is 10.1. The van der Waals surface area contributed by atoms with E-state index in [0.29, 0.717) is 5.92 Å². The Morgan fingerprint density at radius 3 is 2.53 bits per heavy atom. The van der Waals surface area contributed by atoms with Crippen LogP contribution in [0.4, 0.5) is 5.13 Å². The molecule has 4 heteroatoms. The van der Waals surface area contributed by atoms with Crippen molar-refractivity contribution in [1.29, 1.82) is 0 Å². The van der Waals surface area contributed by atoms with Crippen molar-refractivity contribution in [2.24, 2.45) is 0 Å². The number of aromatic nitrogens is 1. The van der Waals surface area contributed by atoms with Gasteiger partial charge < -0.3 is 10.2 Å². The summed E-state index contributed by atoms with van der Waals surface area (Å²) in [5.41, 5.74) is 1.27. The van der Waals surface area contributed by atoms with Crippen molar-refractivity contribution in [3.8, 4) is 0 Å². The van der Waals surface area contributed by atoms with Crippen LogP contribution in [-0.4, -0.2) is 24.6 Å². The zero-order valence-corrected chi connectivity index (χ0v) is 13.9. The van der Waals surface area contributed by atoms with E-state index in [1.165, 1.54) is 28.5 Å². The summed E-state index contributed by atoms with van der Waals surface area (Å²) in [4.78, 5) is 8.71. The normalized spacial score (nSPS) is 11.3. The Labute approximate surface area is 122 Å². The third-order valence-electron chi connectivity index (χ3n) is 3.23. The Kier molecular flexibility index (Phi) is 7.39. The van der Waals surface area contributed by atoms with E-state index in [0.717, 1.165) is 26.2 Å². The SMILES string of the molecule is CCCCN(CC)c1nc(C(C)C)c(CNCC)s1. The van der Waals surface area contributed by atoms with Gasteiger partial charge in [-0.25, -0.2) is 4.98 Å². The molecule has 0 aliphatic carbocycles. The first-order chi connectivity index (χ1) is 9.13. The van der Waals surface area contributed by atoms with E-state index in [-0.39, 0.29) is 0 Å². The molecule has 1 heterocycles. The van der Waals surface area contributed by atoms with Crippen LogP contribution in [0.3, 0.4) is 0 Å². The minimum Gasteiger partial charge on any atom is -0.348 e. The Hall–Kier alpha value is -0.610. The van der Waals surface area contributed by atoms with E-state index in [4.69, 9.17) is 4.98 Å².